The van der Waals surface area contributed by atoms with Gasteiger partial charge in [0.15, 0.2) is 0 Å². The number of carbonyl (C=O) groups excluding carboxylic acids is 1. The van der Waals surface area contributed by atoms with E-state index in [0.717, 1.165) is 12.8 Å². The first-order valence-corrected chi connectivity index (χ1v) is 6.79. The van der Waals surface area contributed by atoms with E-state index in [1.165, 1.54) is 11.0 Å². The van der Waals surface area contributed by atoms with Gasteiger partial charge in [0.25, 0.3) is 0 Å². The summed E-state index contributed by atoms with van der Waals surface area (Å²) in [4.78, 5) is 13.4. The highest BCUT2D eigenvalue weighted by Gasteiger charge is 2.31. The number of nitrogens with one attached hydrogen (secondary N) is 1. The smallest absolute Gasteiger partial charge is 0.321 e. The lowest BCUT2D eigenvalue weighted by molar-refractivity contribution is 0.117. The molecule has 0 aromatic heterocycles. The summed E-state index contributed by atoms with van der Waals surface area (Å²) in [6.07, 6.45) is 1.60. The van der Waals surface area contributed by atoms with Crippen LogP contribution in [0.5, 0.6) is 0 Å². The largest absolute Gasteiger partial charge is 0.391 e. The Balaban J connectivity index is 1.93. The van der Waals surface area contributed by atoms with Crippen LogP contribution in [-0.2, 0) is 0 Å². The molecule has 1 aromatic rings. The van der Waals surface area contributed by atoms with Crippen molar-refractivity contribution < 1.29 is 9.90 Å². The normalized spacial score (nSPS) is 15.3. The second-order valence-electron chi connectivity index (χ2n) is 5.02. The molecule has 1 aliphatic carbocycles. The number of halogens is 1. The Morgan fingerprint density at radius 1 is 1.65 bits per heavy atom. The van der Waals surface area contributed by atoms with Gasteiger partial charge >= 0.3 is 6.03 Å². The van der Waals surface area contributed by atoms with Crippen LogP contribution in [0.3, 0.4) is 0 Å². The number of benzene rings is 1. The highest BCUT2D eigenvalue weighted by Crippen LogP contribution is 2.32. The van der Waals surface area contributed by atoms with Crippen LogP contribution in [-0.4, -0.2) is 35.7 Å². The lowest BCUT2D eigenvalue weighted by Crippen LogP contribution is -2.38. The molecule has 1 fully saturated rings. The maximum atomic E-state index is 12.0. The van der Waals surface area contributed by atoms with Gasteiger partial charge in [0.1, 0.15) is 6.07 Å². The van der Waals surface area contributed by atoms with Crippen LogP contribution >= 0.6 is 11.6 Å². The maximum Gasteiger partial charge on any atom is 0.321 e. The number of rotatable bonds is 4. The molecule has 0 heterocycles. The fraction of sp³-hybridized carbons (Fsp3) is 0.429. The molecule has 0 bridgehead atoms. The minimum atomic E-state index is -0.463. The summed E-state index contributed by atoms with van der Waals surface area (Å²) >= 11 is 5.90. The number of carbonyl (C=O) groups is 1. The Kier molecular flexibility index (Phi) is 4.48. The Morgan fingerprint density at radius 2 is 2.35 bits per heavy atom. The van der Waals surface area contributed by atoms with Crippen molar-refractivity contribution in [3.63, 3.8) is 0 Å². The summed E-state index contributed by atoms with van der Waals surface area (Å²) in [6.45, 7) is 0.306. The van der Waals surface area contributed by atoms with E-state index in [4.69, 9.17) is 16.9 Å². The van der Waals surface area contributed by atoms with E-state index < -0.39 is 6.10 Å². The molecule has 0 aliphatic heterocycles. The van der Waals surface area contributed by atoms with Crippen LogP contribution in [0.4, 0.5) is 10.5 Å². The number of urea groups is 1. The van der Waals surface area contributed by atoms with E-state index in [-0.39, 0.29) is 6.03 Å². The average Bonchev–Trinajstić information content (AvgIpc) is 3.23. The van der Waals surface area contributed by atoms with E-state index >= 15 is 0 Å². The van der Waals surface area contributed by atoms with E-state index in [1.54, 1.807) is 19.2 Å². The standard InChI is InChI=1S/C14H16ClN3O2/c1-18(8-13(19)9-2-3-9)14(20)17-11-5-4-10(7-16)12(15)6-11/h4-6,9,13,19H,2-3,8H2,1H3,(H,17,20). The molecule has 2 N–H and O–H groups in total. The van der Waals surface area contributed by atoms with E-state index in [9.17, 15) is 9.90 Å². The van der Waals surface area contributed by atoms with Gasteiger partial charge in [-0.15, -0.1) is 0 Å². The van der Waals surface area contributed by atoms with Crippen molar-refractivity contribution in [2.24, 2.45) is 5.92 Å². The molecule has 1 saturated carbocycles. The Bertz CT molecular complexity index is 552. The summed E-state index contributed by atoms with van der Waals surface area (Å²) < 4.78 is 0. The van der Waals surface area contributed by atoms with E-state index in [2.05, 4.69) is 5.32 Å². The van der Waals surface area contributed by atoms with Crippen molar-refractivity contribution in [2.45, 2.75) is 18.9 Å². The predicted molar refractivity (Wildman–Crippen MR) is 76.5 cm³/mol. The molecule has 0 saturated heterocycles. The van der Waals surface area contributed by atoms with Crippen LogP contribution in [0.1, 0.15) is 18.4 Å². The number of likely N-dealkylation sites (N-methyl/N-ethyl adjacent to an activating group) is 1. The SMILES string of the molecule is CN(CC(O)C1CC1)C(=O)Nc1ccc(C#N)c(Cl)c1. The van der Waals surface area contributed by atoms with Gasteiger partial charge in [-0.25, -0.2) is 4.79 Å². The second kappa shape index (κ2) is 6.12. The summed E-state index contributed by atoms with van der Waals surface area (Å²) in [5.74, 6) is 0.328. The lowest BCUT2D eigenvalue weighted by atomic mass is 10.2. The number of anilines is 1. The molecule has 1 aromatic carbocycles. The molecule has 5 nitrogen and oxygen atoms in total. The third-order valence-electron chi connectivity index (χ3n) is 3.31. The van der Waals surface area contributed by atoms with Crippen molar-refractivity contribution in [3.8, 4) is 6.07 Å². The lowest BCUT2D eigenvalue weighted by Gasteiger charge is -2.21. The Hall–Kier alpha value is -1.77. The van der Waals surface area contributed by atoms with Gasteiger partial charge in [-0.2, -0.15) is 5.26 Å². The summed E-state index contributed by atoms with van der Waals surface area (Å²) in [7, 11) is 1.63. The number of nitrogens with zero attached hydrogens (tertiary/aromatic N) is 2. The summed E-state index contributed by atoms with van der Waals surface area (Å²) in [5, 5.41) is 21.6. The molecule has 20 heavy (non-hydrogen) atoms. The number of hydrogen-bond donors (Lipinski definition) is 2. The van der Waals surface area contributed by atoms with E-state index in [0.29, 0.717) is 28.7 Å². The first-order valence-electron chi connectivity index (χ1n) is 6.41. The van der Waals surface area contributed by atoms with Crippen LogP contribution in [0, 0.1) is 17.2 Å². The van der Waals surface area contributed by atoms with Crippen LogP contribution in [0.25, 0.3) is 0 Å². The molecule has 106 valence electrons. The van der Waals surface area contributed by atoms with Gasteiger partial charge < -0.3 is 15.3 Å². The fourth-order valence-corrected chi connectivity index (χ4v) is 2.12. The summed E-state index contributed by atoms with van der Waals surface area (Å²) in [6, 6.07) is 6.34. The number of nitriles is 1. The fourth-order valence-electron chi connectivity index (χ4n) is 1.90. The number of amides is 2. The third-order valence-corrected chi connectivity index (χ3v) is 3.63. The van der Waals surface area contributed by atoms with Gasteiger partial charge in [-0.1, -0.05) is 11.6 Å². The molecule has 1 unspecified atom stereocenters. The minimum Gasteiger partial charge on any atom is -0.391 e. The molecule has 1 aliphatic rings. The second-order valence-corrected chi connectivity index (χ2v) is 5.43. The van der Waals surface area contributed by atoms with E-state index in [1.807, 2.05) is 6.07 Å². The molecule has 6 heteroatoms. The van der Waals surface area contributed by atoms with Gasteiger partial charge in [0.05, 0.1) is 16.7 Å². The highest BCUT2D eigenvalue weighted by atomic mass is 35.5. The average molecular weight is 294 g/mol. The van der Waals surface area contributed by atoms with Crippen molar-refractivity contribution in [1.82, 2.24) is 4.90 Å². The quantitative estimate of drug-likeness (QED) is 0.895. The molecular weight excluding hydrogens is 278 g/mol. The highest BCUT2D eigenvalue weighted by molar-refractivity contribution is 6.32. The van der Waals surface area contributed by atoms with Crippen LogP contribution in [0.15, 0.2) is 18.2 Å². The first kappa shape index (κ1) is 14.6. The molecule has 2 rings (SSSR count). The Labute approximate surface area is 122 Å². The zero-order valence-corrected chi connectivity index (χ0v) is 11.9. The molecule has 1 atom stereocenters. The number of aliphatic hydroxyl groups excluding tert-OH is 1. The monoisotopic (exact) mass is 293 g/mol. The topological polar surface area (TPSA) is 76.4 Å². The van der Waals surface area contributed by atoms with Gasteiger partial charge in [0, 0.05) is 19.3 Å². The minimum absolute atomic E-state index is 0.297. The number of hydrogen-bond acceptors (Lipinski definition) is 3. The summed E-state index contributed by atoms with van der Waals surface area (Å²) in [5.41, 5.74) is 0.883. The van der Waals surface area contributed by atoms with Crippen molar-refractivity contribution in [3.05, 3.63) is 28.8 Å². The van der Waals surface area contributed by atoms with Crippen LogP contribution in [0.2, 0.25) is 5.02 Å². The molecule has 2 amide bonds. The Morgan fingerprint density at radius 3 is 2.90 bits per heavy atom. The molecule has 0 spiro atoms. The number of aliphatic hydroxyl groups is 1. The van der Waals surface area contributed by atoms with Crippen molar-refractivity contribution >= 4 is 23.3 Å². The first-order chi connectivity index (χ1) is 9.51. The maximum absolute atomic E-state index is 12.0. The van der Waals surface area contributed by atoms with Crippen LogP contribution < -0.4 is 5.32 Å². The zero-order valence-electron chi connectivity index (χ0n) is 11.1. The van der Waals surface area contributed by atoms with Crippen molar-refractivity contribution in [1.29, 1.82) is 5.26 Å². The predicted octanol–water partition coefficient (Wildman–Crippen LogP) is 2.45. The van der Waals surface area contributed by atoms with Gasteiger partial charge in [0.2, 0.25) is 0 Å². The van der Waals surface area contributed by atoms with Gasteiger partial charge in [-0.3, -0.25) is 0 Å². The zero-order chi connectivity index (χ0) is 14.7. The molecular formula is C14H16ClN3O2. The van der Waals surface area contributed by atoms with Crippen molar-refractivity contribution in [2.75, 3.05) is 18.9 Å². The third kappa shape index (κ3) is 3.62. The van der Waals surface area contributed by atoms with Gasteiger partial charge in [-0.05, 0) is 37.0 Å². The molecule has 0 radical (unpaired) electrons.